The van der Waals surface area contributed by atoms with Gasteiger partial charge < -0.3 is 14.3 Å². The van der Waals surface area contributed by atoms with Crippen LogP contribution in [-0.2, 0) is 10.0 Å². The van der Waals surface area contributed by atoms with Gasteiger partial charge in [0.2, 0.25) is 15.9 Å². The van der Waals surface area contributed by atoms with Crippen LogP contribution in [0.1, 0.15) is 34.7 Å². The number of aliphatic hydroxyl groups excluding tert-OH is 1. The summed E-state index contributed by atoms with van der Waals surface area (Å²) in [6, 6.07) is 4.86. The number of methoxy groups -OCH3 is 1. The lowest BCUT2D eigenvalue weighted by Crippen LogP contribution is -2.34. The minimum absolute atomic E-state index is 0.0605. The lowest BCUT2D eigenvalue weighted by atomic mass is 9.94. The molecule has 2 atom stereocenters. The molecule has 0 aliphatic carbocycles. The highest BCUT2D eigenvalue weighted by Crippen LogP contribution is 2.35. The smallest absolute Gasteiger partial charge is 0.434 e. The van der Waals surface area contributed by atoms with Crippen LogP contribution in [0.2, 0.25) is 5.02 Å². The number of aliphatic hydroxyl groups is 1. The van der Waals surface area contributed by atoms with E-state index in [2.05, 4.69) is 9.82 Å². The van der Waals surface area contributed by atoms with E-state index in [9.17, 15) is 22.7 Å². The summed E-state index contributed by atoms with van der Waals surface area (Å²) in [5.74, 6) is -2.28. The third-order valence-electron chi connectivity index (χ3n) is 4.76. The van der Waals surface area contributed by atoms with Crippen molar-refractivity contribution in [1.29, 1.82) is 0 Å². The molecule has 3 N–H and O–H groups in total. The summed E-state index contributed by atoms with van der Waals surface area (Å²) in [6.07, 6.45) is -1.78. The molecule has 0 saturated heterocycles. The van der Waals surface area contributed by atoms with E-state index < -0.39 is 39.6 Å². The number of sulfonamides is 1. The first kappa shape index (κ1) is 22.9. The zero-order valence-electron chi connectivity index (χ0n) is 16.6. The van der Waals surface area contributed by atoms with Gasteiger partial charge in [-0.3, -0.25) is 0 Å². The molecule has 3 aromatic rings. The number of nitrogens with zero attached hydrogens (tertiary/aromatic N) is 1. The van der Waals surface area contributed by atoms with Crippen LogP contribution in [0.5, 0.6) is 5.75 Å². The number of benzene rings is 2. The molecule has 0 fully saturated rings. The predicted octanol–water partition coefficient (Wildman–Crippen LogP) is 2.53. The summed E-state index contributed by atoms with van der Waals surface area (Å²) >= 11 is 5.89. The summed E-state index contributed by atoms with van der Waals surface area (Å²) in [6.45, 7) is 3.28. The first-order chi connectivity index (χ1) is 14.5. The number of aromatic amines is 1. The molecule has 0 amide bonds. The normalized spacial score (nSPS) is 13.7. The molecule has 1 aromatic heterocycles. The van der Waals surface area contributed by atoms with Crippen LogP contribution in [0, 0.1) is 19.7 Å². The van der Waals surface area contributed by atoms with Crippen LogP contribution in [0.15, 0.2) is 44.4 Å². The molecule has 1 heterocycles. The molecule has 166 valence electrons. The molecule has 12 heteroatoms. The van der Waals surface area contributed by atoms with E-state index in [0.29, 0.717) is 11.1 Å². The van der Waals surface area contributed by atoms with Gasteiger partial charge in [-0.25, -0.2) is 22.7 Å². The van der Waals surface area contributed by atoms with Gasteiger partial charge in [-0.1, -0.05) is 17.7 Å². The van der Waals surface area contributed by atoms with Gasteiger partial charge in [-0.15, -0.1) is 5.10 Å². The second-order valence-corrected chi connectivity index (χ2v) is 8.81. The molecule has 0 bridgehead atoms. The Morgan fingerprint density at radius 3 is 2.61 bits per heavy atom. The number of aromatic nitrogens is 2. The van der Waals surface area contributed by atoms with Gasteiger partial charge in [0, 0.05) is 16.7 Å². The van der Waals surface area contributed by atoms with Crippen LogP contribution in [0.3, 0.4) is 0 Å². The van der Waals surface area contributed by atoms with Gasteiger partial charge >= 0.3 is 5.76 Å². The minimum Gasteiger partial charge on any atom is -0.495 e. The maximum Gasteiger partial charge on any atom is 0.434 e. The third kappa shape index (κ3) is 4.64. The quantitative estimate of drug-likeness (QED) is 0.482. The Kier molecular flexibility index (Phi) is 6.51. The summed E-state index contributed by atoms with van der Waals surface area (Å²) in [5.41, 5.74) is 0.903. The molecule has 3 rings (SSSR count). The van der Waals surface area contributed by atoms with Crippen LogP contribution in [-0.4, -0.2) is 30.8 Å². The van der Waals surface area contributed by atoms with Crippen LogP contribution in [0.25, 0.3) is 0 Å². The first-order valence-corrected chi connectivity index (χ1v) is 10.8. The molecule has 31 heavy (non-hydrogen) atoms. The second-order valence-electron chi connectivity index (χ2n) is 6.69. The topological polar surface area (TPSA) is 135 Å². The van der Waals surface area contributed by atoms with Crippen LogP contribution < -0.4 is 15.2 Å². The number of hydrogen-bond acceptors (Lipinski definition) is 7. The maximum absolute atomic E-state index is 14.6. The van der Waals surface area contributed by atoms with Crippen LogP contribution >= 0.6 is 11.6 Å². The fourth-order valence-electron chi connectivity index (χ4n) is 3.05. The number of ether oxygens (including phenoxy) is 1. The highest BCUT2D eigenvalue weighted by Gasteiger charge is 2.35. The highest BCUT2D eigenvalue weighted by molar-refractivity contribution is 7.89. The SMILES string of the molecule is COc1cc(Cl)ccc1S(=O)(=O)N[C@H](c1n[nH]c(=O)o1)C(O)c1c(F)ccc(C)c1C. The van der Waals surface area contributed by atoms with Crippen molar-refractivity contribution in [3.05, 3.63) is 74.3 Å². The van der Waals surface area contributed by atoms with Crippen molar-refractivity contribution in [3.63, 3.8) is 0 Å². The number of halogens is 2. The zero-order valence-corrected chi connectivity index (χ0v) is 18.2. The lowest BCUT2D eigenvalue weighted by Gasteiger charge is -2.24. The van der Waals surface area contributed by atoms with Crippen molar-refractivity contribution < 1.29 is 27.1 Å². The third-order valence-corrected chi connectivity index (χ3v) is 6.48. The van der Waals surface area contributed by atoms with E-state index in [-0.39, 0.29) is 21.2 Å². The van der Waals surface area contributed by atoms with Crippen molar-refractivity contribution in [2.24, 2.45) is 0 Å². The van der Waals surface area contributed by atoms with Crippen molar-refractivity contribution in [1.82, 2.24) is 14.9 Å². The molecular weight excluding hydrogens is 453 g/mol. The van der Waals surface area contributed by atoms with Gasteiger partial charge in [0.1, 0.15) is 28.6 Å². The molecule has 9 nitrogen and oxygen atoms in total. The van der Waals surface area contributed by atoms with E-state index in [4.69, 9.17) is 20.8 Å². The summed E-state index contributed by atoms with van der Waals surface area (Å²) in [7, 11) is -3.12. The van der Waals surface area contributed by atoms with Crippen molar-refractivity contribution in [3.8, 4) is 5.75 Å². The van der Waals surface area contributed by atoms with E-state index >= 15 is 0 Å². The molecular formula is C19H19ClFN3O6S. The Bertz CT molecular complexity index is 1270. The predicted molar refractivity (Wildman–Crippen MR) is 109 cm³/mol. The summed E-state index contributed by atoms with van der Waals surface area (Å²) in [5, 5.41) is 16.8. The Morgan fingerprint density at radius 2 is 2.00 bits per heavy atom. The van der Waals surface area contributed by atoms with Gasteiger partial charge in [0.15, 0.2) is 0 Å². The number of aryl methyl sites for hydroxylation is 1. The molecule has 0 aliphatic rings. The average molecular weight is 472 g/mol. The van der Waals surface area contributed by atoms with Gasteiger partial charge in [-0.05, 0) is 43.2 Å². The largest absolute Gasteiger partial charge is 0.495 e. The molecule has 0 saturated carbocycles. The van der Waals surface area contributed by atoms with E-state index in [1.165, 1.54) is 31.4 Å². The number of hydrogen-bond donors (Lipinski definition) is 3. The van der Waals surface area contributed by atoms with Crippen molar-refractivity contribution in [2.75, 3.05) is 7.11 Å². The van der Waals surface area contributed by atoms with Gasteiger partial charge in [0.05, 0.1) is 7.11 Å². The Balaban J connectivity index is 2.12. The number of rotatable bonds is 7. The average Bonchev–Trinajstić information content (AvgIpc) is 3.14. The molecule has 1 unspecified atom stereocenters. The summed E-state index contributed by atoms with van der Waals surface area (Å²) < 4.78 is 52.9. The number of H-pyrrole nitrogens is 1. The van der Waals surface area contributed by atoms with Gasteiger partial charge in [-0.2, -0.15) is 4.72 Å². The summed E-state index contributed by atoms with van der Waals surface area (Å²) in [4.78, 5) is 11.2. The van der Waals surface area contributed by atoms with E-state index in [1.54, 1.807) is 13.8 Å². The fraction of sp³-hybridized carbons (Fsp3) is 0.263. The number of nitrogens with one attached hydrogen (secondary N) is 2. The van der Waals surface area contributed by atoms with E-state index in [1.807, 2.05) is 5.10 Å². The molecule has 0 radical (unpaired) electrons. The molecule has 0 aliphatic heterocycles. The minimum atomic E-state index is -4.38. The van der Waals surface area contributed by atoms with Gasteiger partial charge in [0.25, 0.3) is 0 Å². The lowest BCUT2D eigenvalue weighted by molar-refractivity contribution is 0.120. The molecule has 2 aromatic carbocycles. The van der Waals surface area contributed by atoms with E-state index in [0.717, 1.165) is 6.07 Å². The Hall–Kier alpha value is -2.73. The monoisotopic (exact) mass is 471 g/mol. The van der Waals surface area contributed by atoms with Crippen molar-refractivity contribution in [2.45, 2.75) is 30.9 Å². The maximum atomic E-state index is 14.6. The Morgan fingerprint density at radius 1 is 1.29 bits per heavy atom. The zero-order chi connectivity index (χ0) is 22.9. The van der Waals surface area contributed by atoms with Crippen molar-refractivity contribution >= 4 is 21.6 Å². The molecule has 0 spiro atoms. The second kappa shape index (κ2) is 8.79. The fourth-order valence-corrected chi connectivity index (χ4v) is 4.56. The highest BCUT2D eigenvalue weighted by atomic mass is 35.5. The first-order valence-electron chi connectivity index (χ1n) is 8.90. The van der Waals surface area contributed by atoms with Crippen LogP contribution in [0.4, 0.5) is 4.39 Å². The Labute approximate surface area is 181 Å². The standard InChI is InChI=1S/C19H19ClFN3O6S/c1-9-4-6-12(21)15(10(9)2)17(25)16(18-22-23-19(26)30-18)24-31(27,28)14-7-5-11(20)8-13(14)29-3/h4-8,16-17,24-25H,1-3H3,(H,23,26)/t16-,17?/m0/s1.